The molecule has 1 aromatic rings. The molecule has 1 aromatic carbocycles. The van der Waals surface area contributed by atoms with Crippen molar-refractivity contribution in [3.8, 4) is 0 Å². The van der Waals surface area contributed by atoms with Crippen LogP contribution < -0.4 is 5.32 Å². The number of amides is 1. The standard InChI is InChI=1S/C16H22F2N2O2.ClH/c1-20(10-12-3-4-13(17)9-14(12)18)15(21)16(11-22-2)5-7-19-8-6-16;/h3-4,9,19H,5-8,10-11H2,1-2H3;1H. The molecule has 0 aromatic heterocycles. The van der Waals surface area contributed by atoms with Gasteiger partial charge in [0.25, 0.3) is 0 Å². The molecule has 0 bridgehead atoms. The second-order valence-electron chi connectivity index (χ2n) is 5.86. The van der Waals surface area contributed by atoms with Gasteiger partial charge in [-0.3, -0.25) is 4.79 Å². The van der Waals surface area contributed by atoms with Crippen molar-refractivity contribution in [1.29, 1.82) is 0 Å². The van der Waals surface area contributed by atoms with Gasteiger partial charge in [0.15, 0.2) is 0 Å². The largest absolute Gasteiger partial charge is 0.384 e. The summed E-state index contributed by atoms with van der Waals surface area (Å²) >= 11 is 0. The zero-order valence-electron chi connectivity index (χ0n) is 13.4. The van der Waals surface area contributed by atoms with E-state index >= 15 is 0 Å². The minimum Gasteiger partial charge on any atom is -0.384 e. The normalized spacial score (nSPS) is 16.5. The Morgan fingerprint density at radius 3 is 2.57 bits per heavy atom. The molecule has 7 heteroatoms. The van der Waals surface area contributed by atoms with Crippen LogP contribution in [0.1, 0.15) is 18.4 Å². The van der Waals surface area contributed by atoms with Crippen LogP contribution >= 0.6 is 12.4 Å². The molecule has 2 rings (SSSR count). The van der Waals surface area contributed by atoms with E-state index < -0.39 is 17.0 Å². The highest BCUT2D eigenvalue weighted by atomic mass is 35.5. The molecule has 1 amide bonds. The van der Waals surface area contributed by atoms with Gasteiger partial charge < -0.3 is 15.0 Å². The van der Waals surface area contributed by atoms with Gasteiger partial charge in [0.1, 0.15) is 11.6 Å². The van der Waals surface area contributed by atoms with Gasteiger partial charge in [-0.1, -0.05) is 6.07 Å². The Balaban J connectivity index is 0.00000264. The lowest BCUT2D eigenvalue weighted by molar-refractivity contribution is -0.146. The van der Waals surface area contributed by atoms with Crippen molar-refractivity contribution < 1.29 is 18.3 Å². The van der Waals surface area contributed by atoms with Crippen molar-refractivity contribution in [2.45, 2.75) is 19.4 Å². The first-order valence-electron chi connectivity index (χ1n) is 7.38. The molecule has 1 saturated heterocycles. The first-order valence-corrected chi connectivity index (χ1v) is 7.38. The van der Waals surface area contributed by atoms with Gasteiger partial charge in [0, 0.05) is 32.3 Å². The lowest BCUT2D eigenvalue weighted by atomic mass is 9.78. The minimum absolute atomic E-state index is 0. The summed E-state index contributed by atoms with van der Waals surface area (Å²) in [6.07, 6.45) is 1.38. The molecule has 0 radical (unpaired) electrons. The van der Waals surface area contributed by atoms with E-state index in [4.69, 9.17) is 4.74 Å². The summed E-state index contributed by atoms with van der Waals surface area (Å²) in [6, 6.07) is 3.41. The van der Waals surface area contributed by atoms with E-state index in [0.29, 0.717) is 25.0 Å². The highest BCUT2D eigenvalue weighted by Gasteiger charge is 2.41. The maximum Gasteiger partial charge on any atom is 0.231 e. The third-order valence-corrected chi connectivity index (χ3v) is 4.20. The Kier molecular flexibility index (Phi) is 7.38. The highest BCUT2D eigenvalue weighted by Crippen LogP contribution is 2.31. The Bertz CT molecular complexity index is 531. The molecule has 4 nitrogen and oxygen atoms in total. The summed E-state index contributed by atoms with van der Waals surface area (Å²) < 4.78 is 31.9. The van der Waals surface area contributed by atoms with Gasteiger partial charge >= 0.3 is 0 Å². The van der Waals surface area contributed by atoms with Crippen LogP contribution in [0, 0.1) is 17.0 Å². The summed E-state index contributed by atoms with van der Waals surface area (Å²) in [7, 11) is 3.22. The molecule has 0 atom stereocenters. The average molecular weight is 349 g/mol. The van der Waals surface area contributed by atoms with Gasteiger partial charge in [-0.25, -0.2) is 8.78 Å². The number of methoxy groups -OCH3 is 1. The van der Waals surface area contributed by atoms with Gasteiger partial charge in [0.05, 0.1) is 12.0 Å². The zero-order chi connectivity index (χ0) is 16.2. The number of piperidine rings is 1. The number of benzene rings is 1. The Labute approximate surface area is 141 Å². The first kappa shape index (κ1) is 19.8. The number of ether oxygens (including phenoxy) is 1. The van der Waals surface area contributed by atoms with Crippen LogP contribution in [-0.4, -0.2) is 44.7 Å². The number of halogens is 3. The van der Waals surface area contributed by atoms with Crippen LogP contribution in [-0.2, 0) is 16.1 Å². The number of nitrogens with one attached hydrogen (secondary N) is 1. The Morgan fingerprint density at radius 1 is 1.35 bits per heavy atom. The summed E-state index contributed by atoms with van der Waals surface area (Å²) in [4.78, 5) is 14.3. The summed E-state index contributed by atoms with van der Waals surface area (Å²) in [6.45, 7) is 1.98. The van der Waals surface area contributed by atoms with Gasteiger partial charge in [0.2, 0.25) is 5.91 Å². The van der Waals surface area contributed by atoms with E-state index in [1.807, 2.05) is 0 Å². The number of carbonyl (C=O) groups is 1. The molecular formula is C16H23ClF2N2O2. The minimum atomic E-state index is -0.634. The second-order valence-corrected chi connectivity index (χ2v) is 5.86. The number of rotatable bonds is 5. The smallest absolute Gasteiger partial charge is 0.231 e. The van der Waals surface area contributed by atoms with E-state index in [-0.39, 0.29) is 24.9 Å². The van der Waals surface area contributed by atoms with Crippen molar-refractivity contribution in [2.75, 3.05) is 33.9 Å². The molecule has 0 saturated carbocycles. The number of hydrogen-bond acceptors (Lipinski definition) is 3. The predicted molar refractivity (Wildman–Crippen MR) is 86.5 cm³/mol. The number of nitrogens with zero attached hydrogens (tertiary/aromatic N) is 1. The molecule has 23 heavy (non-hydrogen) atoms. The van der Waals surface area contributed by atoms with E-state index in [1.165, 1.54) is 17.0 Å². The molecule has 0 spiro atoms. The molecular weight excluding hydrogens is 326 g/mol. The van der Waals surface area contributed by atoms with Gasteiger partial charge in [-0.2, -0.15) is 0 Å². The highest BCUT2D eigenvalue weighted by molar-refractivity contribution is 5.85. The molecule has 1 fully saturated rings. The van der Waals surface area contributed by atoms with E-state index in [1.54, 1.807) is 14.2 Å². The van der Waals surface area contributed by atoms with Gasteiger partial charge in [-0.05, 0) is 32.0 Å². The SMILES string of the molecule is COCC1(C(=O)N(C)Cc2ccc(F)cc2F)CCNCC1.Cl. The van der Waals surface area contributed by atoms with Crippen LogP contribution in [0.2, 0.25) is 0 Å². The molecule has 0 unspecified atom stereocenters. The fraction of sp³-hybridized carbons (Fsp3) is 0.562. The third-order valence-electron chi connectivity index (χ3n) is 4.20. The van der Waals surface area contributed by atoms with Crippen molar-refractivity contribution in [3.63, 3.8) is 0 Å². The topological polar surface area (TPSA) is 41.6 Å². The molecule has 130 valence electrons. The molecule has 1 aliphatic heterocycles. The molecule has 1 heterocycles. The van der Waals surface area contributed by atoms with Crippen molar-refractivity contribution in [1.82, 2.24) is 10.2 Å². The lowest BCUT2D eigenvalue weighted by Crippen LogP contribution is -2.50. The van der Waals surface area contributed by atoms with Crippen molar-refractivity contribution in [3.05, 3.63) is 35.4 Å². The Hall–Kier alpha value is -1.24. The fourth-order valence-electron chi connectivity index (χ4n) is 2.98. The number of hydrogen-bond donors (Lipinski definition) is 1. The lowest BCUT2D eigenvalue weighted by Gasteiger charge is -2.38. The second kappa shape index (κ2) is 8.57. The maximum atomic E-state index is 13.7. The molecule has 1 aliphatic rings. The van der Waals surface area contributed by atoms with E-state index in [2.05, 4.69) is 5.32 Å². The number of carbonyl (C=O) groups excluding carboxylic acids is 1. The summed E-state index contributed by atoms with van der Waals surface area (Å²) in [5.41, 5.74) is -0.260. The average Bonchev–Trinajstić information content (AvgIpc) is 2.50. The predicted octanol–water partition coefficient (Wildman–Crippen LogP) is 2.36. The monoisotopic (exact) mass is 348 g/mol. The maximum absolute atomic E-state index is 13.7. The fourth-order valence-corrected chi connectivity index (χ4v) is 2.98. The first-order chi connectivity index (χ1) is 10.5. The third kappa shape index (κ3) is 4.62. The zero-order valence-corrected chi connectivity index (χ0v) is 14.2. The molecule has 1 N–H and O–H groups in total. The van der Waals surface area contributed by atoms with Crippen LogP contribution in [0.4, 0.5) is 8.78 Å². The van der Waals surface area contributed by atoms with Crippen LogP contribution in [0.5, 0.6) is 0 Å². The van der Waals surface area contributed by atoms with E-state index in [0.717, 1.165) is 19.2 Å². The van der Waals surface area contributed by atoms with E-state index in [9.17, 15) is 13.6 Å². The van der Waals surface area contributed by atoms with Crippen LogP contribution in [0.3, 0.4) is 0 Å². The molecule has 0 aliphatic carbocycles. The summed E-state index contributed by atoms with van der Waals surface area (Å²) in [5.74, 6) is -1.31. The van der Waals surface area contributed by atoms with Crippen LogP contribution in [0.15, 0.2) is 18.2 Å². The van der Waals surface area contributed by atoms with Gasteiger partial charge in [-0.15, -0.1) is 12.4 Å². The van der Waals surface area contributed by atoms with Crippen LogP contribution in [0.25, 0.3) is 0 Å². The quantitative estimate of drug-likeness (QED) is 0.888. The van der Waals surface area contributed by atoms with Crippen molar-refractivity contribution in [2.24, 2.45) is 5.41 Å². The summed E-state index contributed by atoms with van der Waals surface area (Å²) in [5, 5.41) is 3.23. The Morgan fingerprint density at radius 2 is 2.00 bits per heavy atom. The van der Waals surface area contributed by atoms with Crippen molar-refractivity contribution >= 4 is 18.3 Å².